The standard InChI is InChI=1S/C16H17N2O6P/c1-9-14(8-15(10(2)19)11(3)20)16(21)18(17-9)12-4-6-13(7-5-12)25(22,23)24/h4-8,17H,1-3H3,(H2,22,23,24). The number of allylic oxidation sites excluding steroid dienone is 1. The van der Waals surface area contributed by atoms with Crippen LogP contribution in [0.2, 0.25) is 0 Å². The third kappa shape index (κ3) is 3.93. The highest BCUT2D eigenvalue weighted by molar-refractivity contribution is 7.60. The van der Waals surface area contributed by atoms with Gasteiger partial charge in [-0.2, -0.15) is 0 Å². The van der Waals surface area contributed by atoms with Gasteiger partial charge in [-0.3, -0.25) is 24.0 Å². The van der Waals surface area contributed by atoms with Gasteiger partial charge in [0.2, 0.25) is 0 Å². The summed E-state index contributed by atoms with van der Waals surface area (Å²) < 4.78 is 12.4. The maximum atomic E-state index is 12.6. The van der Waals surface area contributed by atoms with Gasteiger partial charge in [-0.25, -0.2) is 4.68 Å². The highest BCUT2D eigenvalue weighted by atomic mass is 31.2. The molecule has 0 spiro atoms. The highest BCUT2D eigenvalue weighted by Crippen LogP contribution is 2.32. The van der Waals surface area contributed by atoms with Crippen molar-refractivity contribution in [2.75, 3.05) is 0 Å². The number of H-pyrrole nitrogens is 1. The molecule has 1 aromatic heterocycles. The lowest BCUT2D eigenvalue weighted by Crippen LogP contribution is -2.17. The third-order valence-electron chi connectivity index (χ3n) is 3.61. The van der Waals surface area contributed by atoms with E-state index in [4.69, 9.17) is 9.79 Å². The zero-order valence-electron chi connectivity index (χ0n) is 13.8. The Labute approximate surface area is 142 Å². The van der Waals surface area contributed by atoms with Gasteiger partial charge in [0.15, 0.2) is 11.6 Å². The molecule has 8 nitrogen and oxygen atoms in total. The number of ketones is 2. The van der Waals surface area contributed by atoms with E-state index in [0.717, 1.165) is 0 Å². The molecule has 0 saturated heterocycles. The molecule has 1 heterocycles. The molecule has 1 aromatic carbocycles. The Morgan fingerprint density at radius 3 is 2.08 bits per heavy atom. The van der Waals surface area contributed by atoms with Crippen molar-refractivity contribution >= 4 is 30.5 Å². The van der Waals surface area contributed by atoms with Gasteiger partial charge in [0.1, 0.15) is 0 Å². The minimum atomic E-state index is -4.37. The fourth-order valence-electron chi connectivity index (χ4n) is 2.30. The van der Waals surface area contributed by atoms with Gasteiger partial charge >= 0.3 is 7.60 Å². The smallest absolute Gasteiger partial charge is 0.321 e. The second kappa shape index (κ2) is 6.76. The number of nitrogens with one attached hydrogen (secondary N) is 1. The van der Waals surface area contributed by atoms with Crippen LogP contribution < -0.4 is 10.9 Å². The lowest BCUT2D eigenvalue weighted by molar-refractivity contribution is -0.119. The lowest BCUT2D eigenvalue weighted by atomic mass is 10.1. The van der Waals surface area contributed by atoms with Crippen molar-refractivity contribution in [2.24, 2.45) is 0 Å². The average Bonchev–Trinajstić information content (AvgIpc) is 2.78. The van der Waals surface area contributed by atoms with Gasteiger partial charge in [-0.1, -0.05) is 0 Å². The van der Waals surface area contributed by atoms with Crippen LogP contribution in [0.25, 0.3) is 11.8 Å². The van der Waals surface area contributed by atoms with Crippen molar-refractivity contribution in [1.82, 2.24) is 9.78 Å². The van der Waals surface area contributed by atoms with Crippen LogP contribution in [0, 0.1) is 6.92 Å². The first-order valence-electron chi connectivity index (χ1n) is 7.24. The molecule has 0 bridgehead atoms. The van der Waals surface area contributed by atoms with E-state index in [1.807, 2.05) is 0 Å². The largest absolute Gasteiger partial charge is 0.356 e. The molecule has 0 unspecified atom stereocenters. The number of nitrogens with zero attached hydrogens (tertiary/aromatic N) is 1. The quantitative estimate of drug-likeness (QED) is 0.312. The second-order valence-electron chi connectivity index (χ2n) is 5.52. The normalized spacial score (nSPS) is 11.2. The van der Waals surface area contributed by atoms with Crippen LogP contribution in [0.4, 0.5) is 0 Å². The average molecular weight is 364 g/mol. The Morgan fingerprint density at radius 1 is 1.12 bits per heavy atom. The number of Topliss-reactive ketones (excluding diaryl/α,β-unsaturated/α-hetero) is 2. The molecule has 2 aromatic rings. The van der Waals surface area contributed by atoms with E-state index in [1.54, 1.807) is 6.92 Å². The lowest BCUT2D eigenvalue weighted by Gasteiger charge is -2.05. The van der Waals surface area contributed by atoms with Crippen molar-refractivity contribution < 1.29 is 23.9 Å². The van der Waals surface area contributed by atoms with E-state index in [0.29, 0.717) is 11.4 Å². The maximum absolute atomic E-state index is 12.6. The fourth-order valence-corrected chi connectivity index (χ4v) is 2.84. The summed E-state index contributed by atoms with van der Waals surface area (Å²) in [4.78, 5) is 53.9. The molecule has 0 amide bonds. The molecular weight excluding hydrogens is 347 g/mol. The molecule has 2 rings (SSSR count). The molecule has 0 aliphatic carbocycles. The zero-order valence-corrected chi connectivity index (χ0v) is 14.7. The number of aryl methyl sites for hydroxylation is 1. The molecule has 132 valence electrons. The number of rotatable bonds is 5. The fraction of sp³-hybridized carbons (Fsp3) is 0.188. The van der Waals surface area contributed by atoms with E-state index in [-0.39, 0.29) is 16.4 Å². The van der Waals surface area contributed by atoms with E-state index in [9.17, 15) is 18.9 Å². The number of hydrogen-bond donors (Lipinski definition) is 3. The van der Waals surface area contributed by atoms with Gasteiger partial charge in [0, 0.05) is 5.69 Å². The van der Waals surface area contributed by atoms with Crippen molar-refractivity contribution in [2.45, 2.75) is 20.8 Å². The summed E-state index contributed by atoms with van der Waals surface area (Å²) in [6.07, 6.45) is 1.25. The zero-order chi connectivity index (χ0) is 18.9. The summed E-state index contributed by atoms with van der Waals surface area (Å²) in [6, 6.07) is 5.22. The minimum Gasteiger partial charge on any atom is -0.321 e. The van der Waals surface area contributed by atoms with Gasteiger partial charge in [-0.15, -0.1) is 0 Å². The van der Waals surface area contributed by atoms with Crippen LogP contribution in [-0.2, 0) is 14.2 Å². The van der Waals surface area contributed by atoms with Crippen LogP contribution in [0.1, 0.15) is 25.1 Å². The van der Waals surface area contributed by atoms with Gasteiger partial charge in [0.05, 0.1) is 22.1 Å². The van der Waals surface area contributed by atoms with Crippen molar-refractivity contribution in [3.8, 4) is 5.69 Å². The number of carbonyl (C=O) groups is 2. The first-order valence-corrected chi connectivity index (χ1v) is 8.85. The summed E-state index contributed by atoms with van der Waals surface area (Å²) >= 11 is 0. The van der Waals surface area contributed by atoms with Crippen molar-refractivity contribution in [3.63, 3.8) is 0 Å². The molecule has 0 fully saturated rings. The SMILES string of the molecule is CC(=O)C(=Cc1c(C)[nH]n(-c2ccc(P(=O)(O)O)cc2)c1=O)C(C)=O. The summed E-state index contributed by atoms with van der Waals surface area (Å²) in [5, 5.41) is 2.65. The van der Waals surface area contributed by atoms with E-state index in [2.05, 4.69) is 5.10 Å². The van der Waals surface area contributed by atoms with Gasteiger partial charge in [0.25, 0.3) is 5.56 Å². The summed E-state index contributed by atoms with van der Waals surface area (Å²) in [5.74, 6) is -0.880. The second-order valence-corrected chi connectivity index (χ2v) is 7.13. The van der Waals surface area contributed by atoms with E-state index in [1.165, 1.54) is 48.9 Å². The van der Waals surface area contributed by atoms with E-state index >= 15 is 0 Å². The van der Waals surface area contributed by atoms with Gasteiger partial charge in [-0.05, 0) is 51.1 Å². The Balaban J connectivity index is 2.55. The van der Waals surface area contributed by atoms with Crippen molar-refractivity contribution in [3.05, 3.63) is 51.4 Å². The number of hydrogen-bond acceptors (Lipinski definition) is 4. The number of carbonyl (C=O) groups excluding carboxylic acids is 2. The minimum absolute atomic E-state index is 0.0804. The number of aromatic nitrogens is 2. The third-order valence-corrected chi connectivity index (χ3v) is 4.58. The molecule has 9 heteroatoms. The molecule has 0 radical (unpaired) electrons. The molecular formula is C16H17N2O6P. The Morgan fingerprint density at radius 2 is 1.64 bits per heavy atom. The van der Waals surface area contributed by atoms with Crippen LogP contribution in [0.5, 0.6) is 0 Å². The summed E-state index contributed by atoms with van der Waals surface area (Å²) in [5.41, 5.74) is 0.408. The van der Waals surface area contributed by atoms with E-state index < -0.39 is 24.7 Å². The molecule has 0 aliphatic heterocycles. The predicted octanol–water partition coefficient (Wildman–Crippen LogP) is 0.838. The van der Waals surface area contributed by atoms with Crippen LogP contribution in [-0.4, -0.2) is 31.1 Å². The molecule has 0 saturated carbocycles. The molecule has 25 heavy (non-hydrogen) atoms. The molecule has 3 N–H and O–H groups in total. The predicted molar refractivity (Wildman–Crippen MR) is 92.1 cm³/mol. The first-order chi connectivity index (χ1) is 11.5. The topological polar surface area (TPSA) is 129 Å². The molecule has 0 aliphatic rings. The Hall–Kier alpha value is -2.54. The maximum Gasteiger partial charge on any atom is 0.356 e. The van der Waals surface area contributed by atoms with Gasteiger partial charge < -0.3 is 9.79 Å². The monoisotopic (exact) mass is 364 g/mol. The highest BCUT2D eigenvalue weighted by Gasteiger charge is 2.18. The molecule has 0 atom stereocenters. The van der Waals surface area contributed by atoms with Crippen molar-refractivity contribution in [1.29, 1.82) is 0 Å². The van der Waals surface area contributed by atoms with Crippen LogP contribution >= 0.6 is 7.60 Å². The summed E-state index contributed by atoms with van der Waals surface area (Å²) in [6.45, 7) is 4.11. The first kappa shape index (κ1) is 18.8. The number of aromatic amines is 1. The summed E-state index contributed by atoms with van der Waals surface area (Å²) in [7, 11) is -4.37. The Bertz CT molecular complexity index is 959. The number of benzene rings is 1. The Kier molecular flexibility index (Phi) is 5.08. The van der Waals surface area contributed by atoms with Crippen LogP contribution in [0.3, 0.4) is 0 Å². The van der Waals surface area contributed by atoms with Crippen LogP contribution in [0.15, 0.2) is 34.6 Å².